The molecule has 226 valence electrons. The number of rotatable bonds is 9. The second-order valence-corrected chi connectivity index (χ2v) is 11.3. The molecule has 1 unspecified atom stereocenters. The zero-order chi connectivity index (χ0) is 30.6. The lowest BCUT2D eigenvalue weighted by Crippen LogP contribution is -2.41. The number of carbonyl (C=O) groups is 1. The lowest BCUT2D eigenvalue weighted by atomic mass is 9.80. The van der Waals surface area contributed by atoms with Gasteiger partial charge in [0.15, 0.2) is 11.5 Å². The van der Waals surface area contributed by atoms with Crippen LogP contribution in [0.4, 0.5) is 11.5 Å². The first-order valence-corrected chi connectivity index (χ1v) is 14.8. The number of fused-ring (bicyclic) bond motifs is 2. The Morgan fingerprint density at radius 1 is 1.09 bits per heavy atom. The molecular weight excluding hydrogens is 554 g/mol. The number of likely N-dealkylation sites (tertiary alicyclic amines) is 1. The first kappa shape index (κ1) is 29.1. The molecule has 6 rings (SSSR count). The topological polar surface area (TPSA) is 105 Å². The number of hydrogen-bond acceptors (Lipinski definition) is 8. The number of pyridine rings is 1. The number of piperidine rings is 1. The summed E-state index contributed by atoms with van der Waals surface area (Å²) in [5.41, 5.74) is 4.71. The van der Waals surface area contributed by atoms with Gasteiger partial charge in [-0.05, 0) is 81.7 Å². The Balaban J connectivity index is 1.22. The summed E-state index contributed by atoms with van der Waals surface area (Å²) in [6.07, 6.45) is 15.7. The molecule has 2 atom stereocenters. The maximum absolute atomic E-state index is 12.9. The van der Waals surface area contributed by atoms with Crippen molar-refractivity contribution in [3.05, 3.63) is 96.9 Å². The smallest absolute Gasteiger partial charge is 0.246 e. The van der Waals surface area contributed by atoms with E-state index in [2.05, 4.69) is 43.7 Å². The Bertz CT molecular complexity index is 1840. The summed E-state index contributed by atoms with van der Waals surface area (Å²) in [6.45, 7) is 6.15. The molecule has 0 bridgehead atoms. The van der Waals surface area contributed by atoms with Gasteiger partial charge in [0.05, 0.1) is 0 Å². The molecule has 5 heterocycles. The summed E-state index contributed by atoms with van der Waals surface area (Å²) < 4.78 is 9.73. The van der Waals surface area contributed by atoms with Crippen molar-refractivity contribution in [2.45, 2.75) is 26.2 Å². The second-order valence-electron chi connectivity index (χ2n) is 11.3. The third-order valence-corrected chi connectivity index (χ3v) is 7.94. The van der Waals surface area contributed by atoms with E-state index in [1.807, 2.05) is 91.1 Å². The summed E-state index contributed by atoms with van der Waals surface area (Å²) in [5.74, 6) is 2.64. The van der Waals surface area contributed by atoms with Crippen LogP contribution in [0, 0.1) is 12.8 Å². The van der Waals surface area contributed by atoms with Crippen molar-refractivity contribution in [3.8, 4) is 11.5 Å². The fourth-order valence-electron chi connectivity index (χ4n) is 5.81. The van der Waals surface area contributed by atoms with Gasteiger partial charge in [-0.1, -0.05) is 18.2 Å². The molecule has 1 N–H and O–H groups in total. The molecule has 1 amide bonds. The van der Waals surface area contributed by atoms with Gasteiger partial charge in [0.1, 0.15) is 29.7 Å². The van der Waals surface area contributed by atoms with Gasteiger partial charge in [0.25, 0.3) is 0 Å². The lowest BCUT2D eigenvalue weighted by molar-refractivity contribution is -0.127. The highest BCUT2D eigenvalue weighted by molar-refractivity contribution is 5.87. The van der Waals surface area contributed by atoms with E-state index >= 15 is 0 Å². The molecule has 44 heavy (non-hydrogen) atoms. The second kappa shape index (κ2) is 12.7. The molecule has 1 saturated heterocycles. The zero-order valence-electron chi connectivity index (χ0n) is 25.5. The molecule has 0 radical (unpaired) electrons. The number of aromatic nitrogens is 6. The summed E-state index contributed by atoms with van der Waals surface area (Å²) >= 11 is 0. The number of benzene rings is 1. The number of nitrogens with zero attached hydrogens (tertiary/aromatic N) is 8. The van der Waals surface area contributed by atoms with Crippen LogP contribution in [-0.2, 0) is 4.79 Å². The molecule has 0 spiro atoms. The van der Waals surface area contributed by atoms with Gasteiger partial charge in [0.2, 0.25) is 5.91 Å². The van der Waals surface area contributed by atoms with E-state index < -0.39 is 0 Å². The minimum Gasteiger partial charge on any atom is -0.457 e. The van der Waals surface area contributed by atoms with Crippen molar-refractivity contribution in [3.63, 3.8) is 0 Å². The van der Waals surface area contributed by atoms with Crippen molar-refractivity contribution in [1.82, 2.24) is 39.0 Å². The molecule has 0 aliphatic carbocycles. The number of allylic oxidation sites excluding steroid dienone is 1. The molecule has 11 heteroatoms. The van der Waals surface area contributed by atoms with E-state index in [0.717, 1.165) is 46.9 Å². The molecule has 5 aromatic rings. The van der Waals surface area contributed by atoms with Crippen molar-refractivity contribution in [2.24, 2.45) is 5.92 Å². The maximum Gasteiger partial charge on any atom is 0.246 e. The Labute approximate surface area is 256 Å². The van der Waals surface area contributed by atoms with Crippen molar-refractivity contribution >= 4 is 28.6 Å². The van der Waals surface area contributed by atoms with Crippen LogP contribution in [0.15, 0.2) is 85.8 Å². The molecule has 1 aromatic carbocycles. The van der Waals surface area contributed by atoms with Crippen molar-refractivity contribution < 1.29 is 9.53 Å². The number of likely N-dealkylation sites (N-methyl/N-ethyl adjacent to an activating group) is 1. The van der Waals surface area contributed by atoms with Crippen LogP contribution in [0.25, 0.3) is 11.2 Å². The number of carbonyl (C=O) groups excluding carboxylic acids is 1. The molecule has 1 aliphatic rings. The molecule has 11 nitrogen and oxygen atoms in total. The van der Waals surface area contributed by atoms with Crippen LogP contribution in [0.1, 0.15) is 30.4 Å². The Morgan fingerprint density at radius 3 is 2.73 bits per heavy atom. The summed E-state index contributed by atoms with van der Waals surface area (Å²) in [7, 11) is 3.98. The average molecular weight is 592 g/mol. The number of aryl methyl sites for hydroxylation is 1. The average Bonchev–Trinajstić information content (AvgIpc) is 3.66. The highest BCUT2D eigenvalue weighted by atomic mass is 16.5. The van der Waals surface area contributed by atoms with E-state index in [-0.39, 0.29) is 17.7 Å². The monoisotopic (exact) mass is 591 g/mol. The molecule has 0 saturated carbocycles. The van der Waals surface area contributed by atoms with Crippen LogP contribution in [0.3, 0.4) is 0 Å². The Hall–Kier alpha value is -5.03. The maximum atomic E-state index is 12.9. The fraction of sp³-hybridized carbons (Fsp3) is 0.303. The molecule has 1 fully saturated rings. The van der Waals surface area contributed by atoms with Gasteiger partial charge >= 0.3 is 0 Å². The van der Waals surface area contributed by atoms with Gasteiger partial charge in [-0.15, -0.1) is 0 Å². The zero-order valence-corrected chi connectivity index (χ0v) is 25.5. The first-order chi connectivity index (χ1) is 21.4. The van der Waals surface area contributed by atoms with E-state index in [1.54, 1.807) is 16.9 Å². The van der Waals surface area contributed by atoms with Crippen molar-refractivity contribution in [2.75, 3.05) is 39.0 Å². The van der Waals surface area contributed by atoms with E-state index in [9.17, 15) is 4.79 Å². The van der Waals surface area contributed by atoms with Gasteiger partial charge in [-0.3, -0.25) is 4.79 Å². The van der Waals surface area contributed by atoms with Crippen LogP contribution >= 0.6 is 0 Å². The Kier molecular flexibility index (Phi) is 8.38. The predicted molar refractivity (Wildman–Crippen MR) is 170 cm³/mol. The largest absolute Gasteiger partial charge is 0.457 e. The van der Waals surface area contributed by atoms with Gasteiger partial charge < -0.3 is 19.9 Å². The minimum atomic E-state index is 0.0640. The predicted octanol–water partition coefficient (Wildman–Crippen LogP) is 5.24. The Morgan fingerprint density at radius 2 is 1.91 bits per heavy atom. The molecule has 4 aromatic heterocycles. The number of nitrogens with one attached hydrogen (secondary N) is 1. The van der Waals surface area contributed by atoms with E-state index in [4.69, 9.17) is 4.74 Å². The standard InChI is InChI=1S/C33H37N9O2/c1-5-7-24-20-40(31(43)8-6-14-39(3)4)15-12-27(24)28-13-17-42-32(28)33(35-22-37-42)38-25-9-10-29(23(2)18-25)44-26-11-16-41-30(19-26)34-21-36-41/h5-11,13,16-19,21-22,24,27H,12,14-15,20H2,1-4H3,(H,35,37,38)/b7-5+,8-6+/t24?,27-/m0/s1. The highest BCUT2D eigenvalue weighted by Gasteiger charge is 2.32. The highest BCUT2D eigenvalue weighted by Crippen LogP contribution is 2.39. The quantitative estimate of drug-likeness (QED) is 0.183. The van der Waals surface area contributed by atoms with Gasteiger partial charge in [-0.2, -0.15) is 10.2 Å². The van der Waals surface area contributed by atoms with Crippen LogP contribution < -0.4 is 10.1 Å². The van der Waals surface area contributed by atoms with Crippen LogP contribution in [-0.4, -0.2) is 78.6 Å². The van der Waals surface area contributed by atoms with E-state index in [1.165, 1.54) is 11.9 Å². The number of anilines is 2. The molecular formula is C33H37N9O2. The minimum absolute atomic E-state index is 0.0640. The van der Waals surface area contributed by atoms with Gasteiger partial charge in [-0.25, -0.2) is 19.0 Å². The fourth-order valence-corrected chi connectivity index (χ4v) is 5.81. The first-order valence-electron chi connectivity index (χ1n) is 14.8. The summed E-state index contributed by atoms with van der Waals surface area (Å²) in [5, 5.41) is 12.2. The van der Waals surface area contributed by atoms with Crippen LogP contribution in [0.2, 0.25) is 0 Å². The van der Waals surface area contributed by atoms with Gasteiger partial charge in [0, 0.05) is 55.8 Å². The van der Waals surface area contributed by atoms with E-state index in [0.29, 0.717) is 18.8 Å². The normalized spacial score (nSPS) is 17.4. The lowest BCUT2D eigenvalue weighted by Gasteiger charge is -2.37. The third kappa shape index (κ3) is 6.18. The SMILES string of the molecule is C/C=C/C1CN(C(=O)/C=C/CN(C)C)CC[C@@H]1c1ccn2ncnc(Nc3ccc(Oc4ccn5ncnc5c4)c(C)c3)c12. The van der Waals surface area contributed by atoms with Crippen LogP contribution in [0.5, 0.6) is 11.5 Å². The molecule has 1 aliphatic heterocycles. The van der Waals surface area contributed by atoms with Crippen molar-refractivity contribution in [1.29, 1.82) is 0 Å². The summed E-state index contributed by atoms with van der Waals surface area (Å²) in [6, 6.07) is 11.8. The summed E-state index contributed by atoms with van der Waals surface area (Å²) in [4.78, 5) is 25.8. The number of amides is 1. The third-order valence-electron chi connectivity index (χ3n) is 7.94. The number of ether oxygens (including phenoxy) is 1. The number of hydrogen-bond donors (Lipinski definition) is 1.